The number of rotatable bonds is 6. The normalized spacial score (nSPS) is 41.2. The van der Waals surface area contributed by atoms with E-state index in [0.717, 1.165) is 47.8 Å². The quantitative estimate of drug-likeness (QED) is 0.592. The molecule has 2 aliphatic carbocycles. The van der Waals surface area contributed by atoms with Crippen LogP contribution >= 0.6 is 0 Å². The van der Waals surface area contributed by atoms with Gasteiger partial charge in [0, 0.05) is 36.3 Å². The molecule has 26 heavy (non-hydrogen) atoms. The van der Waals surface area contributed by atoms with Crippen LogP contribution in [0.4, 0.5) is 0 Å². The van der Waals surface area contributed by atoms with Gasteiger partial charge in [0.15, 0.2) is 0 Å². The minimum atomic E-state index is 0.672. The fourth-order valence-electron chi connectivity index (χ4n) is 7.67. The standard InChI is InChI=1S/C24H42N2/c1-14(2)23-20-11-19(22(13-20)26(23)16(5)6)10-17(7)24-18-8-9-21(12-18)25(24)15(3)4/h11,14-18,20-24H,8-10,12-13H2,1-7H3/t17?,18-,20-,21+,22-,23+,24+/m0/s1. The zero-order valence-electron chi connectivity index (χ0n) is 18.3. The summed E-state index contributed by atoms with van der Waals surface area (Å²) < 4.78 is 0. The van der Waals surface area contributed by atoms with E-state index in [1.807, 2.05) is 0 Å². The van der Waals surface area contributed by atoms with E-state index < -0.39 is 0 Å². The van der Waals surface area contributed by atoms with Crippen molar-refractivity contribution in [1.29, 1.82) is 0 Å². The van der Waals surface area contributed by atoms with Crippen molar-refractivity contribution in [2.45, 2.75) is 117 Å². The Balaban J connectivity index is 1.50. The Hall–Kier alpha value is -0.340. The fourth-order valence-corrected chi connectivity index (χ4v) is 7.67. The molecule has 0 amide bonds. The lowest BCUT2D eigenvalue weighted by atomic mass is 9.82. The van der Waals surface area contributed by atoms with E-state index in [9.17, 15) is 0 Å². The topological polar surface area (TPSA) is 6.48 Å². The van der Waals surface area contributed by atoms with Gasteiger partial charge in [0.05, 0.1) is 0 Å². The van der Waals surface area contributed by atoms with Crippen LogP contribution in [0.2, 0.25) is 0 Å². The molecule has 4 rings (SSSR count). The summed E-state index contributed by atoms with van der Waals surface area (Å²) in [5.41, 5.74) is 1.79. The molecular formula is C24H42N2. The van der Waals surface area contributed by atoms with Crippen molar-refractivity contribution >= 4 is 0 Å². The lowest BCUT2D eigenvalue weighted by molar-refractivity contribution is 0.0642. The molecule has 0 aromatic heterocycles. The first-order valence-electron chi connectivity index (χ1n) is 11.5. The highest BCUT2D eigenvalue weighted by atomic mass is 15.3. The maximum Gasteiger partial charge on any atom is 0.0319 e. The van der Waals surface area contributed by atoms with E-state index in [0.29, 0.717) is 12.1 Å². The van der Waals surface area contributed by atoms with Crippen molar-refractivity contribution in [3.05, 3.63) is 11.6 Å². The van der Waals surface area contributed by atoms with Crippen molar-refractivity contribution in [2.75, 3.05) is 0 Å². The molecule has 2 heterocycles. The zero-order chi connectivity index (χ0) is 18.7. The molecule has 2 aliphatic heterocycles. The molecule has 3 fully saturated rings. The first kappa shape index (κ1) is 19.0. The van der Waals surface area contributed by atoms with Gasteiger partial charge in [0.2, 0.25) is 0 Å². The Bertz CT molecular complexity index is 548. The molecule has 2 nitrogen and oxygen atoms in total. The molecule has 0 radical (unpaired) electrons. The first-order chi connectivity index (χ1) is 12.3. The zero-order valence-corrected chi connectivity index (χ0v) is 18.3. The molecule has 0 aromatic rings. The number of nitrogens with zero attached hydrogens (tertiary/aromatic N) is 2. The van der Waals surface area contributed by atoms with Crippen molar-refractivity contribution in [1.82, 2.24) is 9.80 Å². The predicted octanol–water partition coefficient (Wildman–Crippen LogP) is 5.34. The van der Waals surface area contributed by atoms with Crippen LogP contribution in [0.25, 0.3) is 0 Å². The molecule has 1 saturated carbocycles. The lowest BCUT2D eigenvalue weighted by Crippen LogP contribution is -2.50. The summed E-state index contributed by atoms with van der Waals surface area (Å²) in [4.78, 5) is 5.78. The smallest absolute Gasteiger partial charge is 0.0319 e. The van der Waals surface area contributed by atoms with Crippen molar-refractivity contribution in [3.63, 3.8) is 0 Å². The van der Waals surface area contributed by atoms with E-state index in [4.69, 9.17) is 0 Å². The average Bonchev–Trinajstić information content (AvgIpc) is 3.31. The number of likely N-dealkylation sites (tertiary alicyclic amines) is 2. The monoisotopic (exact) mass is 358 g/mol. The second kappa shape index (κ2) is 6.92. The third-order valence-electron chi connectivity index (χ3n) is 8.21. The van der Waals surface area contributed by atoms with Gasteiger partial charge in [0.25, 0.3) is 0 Å². The number of fused-ring (bicyclic) bond motifs is 4. The van der Waals surface area contributed by atoms with Gasteiger partial charge >= 0.3 is 0 Å². The summed E-state index contributed by atoms with van der Waals surface area (Å²) in [6, 6.07) is 4.62. The number of piperidine rings is 1. The van der Waals surface area contributed by atoms with Gasteiger partial charge in [-0.1, -0.05) is 32.4 Å². The van der Waals surface area contributed by atoms with Gasteiger partial charge in [-0.05, 0) is 83.5 Å². The van der Waals surface area contributed by atoms with Crippen LogP contribution in [0, 0.1) is 23.7 Å². The van der Waals surface area contributed by atoms with E-state index in [1.165, 1.54) is 32.1 Å². The molecule has 1 unspecified atom stereocenters. The molecule has 148 valence electrons. The van der Waals surface area contributed by atoms with Crippen molar-refractivity contribution in [2.24, 2.45) is 23.7 Å². The third-order valence-corrected chi connectivity index (χ3v) is 8.21. The Morgan fingerprint density at radius 2 is 1.58 bits per heavy atom. The van der Waals surface area contributed by atoms with E-state index >= 15 is 0 Å². The minimum Gasteiger partial charge on any atom is -0.294 e. The molecule has 7 atom stereocenters. The minimum absolute atomic E-state index is 0.672. The highest BCUT2D eigenvalue weighted by Crippen LogP contribution is 2.50. The Morgan fingerprint density at radius 1 is 0.885 bits per heavy atom. The largest absolute Gasteiger partial charge is 0.294 e. The van der Waals surface area contributed by atoms with E-state index in [2.05, 4.69) is 64.3 Å². The van der Waals surface area contributed by atoms with Gasteiger partial charge in [-0.25, -0.2) is 0 Å². The average molecular weight is 359 g/mol. The van der Waals surface area contributed by atoms with Crippen LogP contribution in [0.3, 0.4) is 0 Å². The SMILES string of the molecule is CC(CC1=C[C@H]2C[C@@H]1N(C(C)C)[C@@H]2C(C)C)[C@@H]1[C@H]2CC[C@H](C2)N1C(C)C. The summed E-state index contributed by atoms with van der Waals surface area (Å²) in [5.74, 6) is 3.36. The summed E-state index contributed by atoms with van der Waals surface area (Å²) in [6.45, 7) is 17.1. The second-order valence-corrected chi connectivity index (χ2v) is 10.9. The second-order valence-electron chi connectivity index (χ2n) is 10.9. The molecule has 4 bridgehead atoms. The highest BCUT2D eigenvalue weighted by molar-refractivity contribution is 5.28. The molecule has 0 spiro atoms. The molecule has 2 saturated heterocycles. The van der Waals surface area contributed by atoms with E-state index in [1.54, 1.807) is 5.57 Å². The maximum atomic E-state index is 2.91. The van der Waals surface area contributed by atoms with Crippen LogP contribution in [0.5, 0.6) is 0 Å². The Labute approximate surface area is 162 Å². The summed E-state index contributed by atoms with van der Waals surface area (Å²) in [7, 11) is 0. The van der Waals surface area contributed by atoms with Crippen LogP contribution < -0.4 is 0 Å². The third kappa shape index (κ3) is 2.91. The molecule has 2 heteroatoms. The predicted molar refractivity (Wildman–Crippen MR) is 111 cm³/mol. The number of hydrogen-bond donors (Lipinski definition) is 0. The highest BCUT2D eigenvalue weighted by Gasteiger charge is 2.51. The molecule has 0 N–H and O–H groups in total. The van der Waals surface area contributed by atoms with Crippen LogP contribution in [-0.4, -0.2) is 46.1 Å². The Kier molecular flexibility index (Phi) is 5.06. The first-order valence-corrected chi connectivity index (χ1v) is 11.5. The molecular weight excluding hydrogens is 316 g/mol. The van der Waals surface area contributed by atoms with Gasteiger partial charge in [-0.2, -0.15) is 0 Å². The van der Waals surface area contributed by atoms with Gasteiger partial charge in [-0.3, -0.25) is 9.80 Å². The van der Waals surface area contributed by atoms with Gasteiger partial charge < -0.3 is 0 Å². The maximum absolute atomic E-state index is 2.91. The Morgan fingerprint density at radius 3 is 2.19 bits per heavy atom. The summed E-state index contributed by atoms with van der Waals surface area (Å²) in [6.07, 6.45) is 9.88. The van der Waals surface area contributed by atoms with Crippen LogP contribution in [0.1, 0.15) is 80.6 Å². The molecule has 4 aliphatic rings. The van der Waals surface area contributed by atoms with Crippen LogP contribution in [0.15, 0.2) is 11.6 Å². The molecule has 0 aromatic carbocycles. The van der Waals surface area contributed by atoms with E-state index in [-0.39, 0.29) is 0 Å². The van der Waals surface area contributed by atoms with Crippen molar-refractivity contribution in [3.8, 4) is 0 Å². The van der Waals surface area contributed by atoms with Crippen molar-refractivity contribution < 1.29 is 0 Å². The summed E-state index contributed by atoms with van der Waals surface area (Å²) in [5, 5.41) is 0. The lowest BCUT2D eigenvalue weighted by Gasteiger charge is -2.44. The van der Waals surface area contributed by atoms with Crippen LogP contribution in [-0.2, 0) is 0 Å². The fraction of sp³-hybridized carbons (Fsp3) is 0.917. The number of hydrogen-bond acceptors (Lipinski definition) is 2. The summed E-state index contributed by atoms with van der Waals surface area (Å²) >= 11 is 0. The van der Waals surface area contributed by atoms with Gasteiger partial charge in [-0.15, -0.1) is 0 Å². The van der Waals surface area contributed by atoms with Gasteiger partial charge in [0.1, 0.15) is 0 Å².